The second-order valence-corrected chi connectivity index (χ2v) is 4.47. The summed E-state index contributed by atoms with van der Waals surface area (Å²) in [5.41, 5.74) is 0. The summed E-state index contributed by atoms with van der Waals surface area (Å²) in [4.78, 5) is 11.5. The highest BCUT2D eigenvalue weighted by atomic mass is 16.5. The van der Waals surface area contributed by atoms with Gasteiger partial charge in [-0.3, -0.25) is 4.79 Å². The zero-order chi connectivity index (χ0) is 9.97. The molecule has 0 radical (unpaired) electrons. The van der Waals surface area contributed by atoms with E-state index < -0.39 is 0 Å². The van der Waals surface area contributed by atoms with Crippen LogP contribution in [0.25, 0.3) is 0 Å². The Balaban J connectivity index is 1.93. The minimum absolute atomic E-state index is 0.270. The highest BCUT2D eigenvalue weighted by molar-refractivity contribution is 5.80. The van der Waals surface area contributed by atoms with Crippen LogP contribution in [0, 0.1) is 11.8 Å². The van der Waals surface area contributed by atoms with Gasteiger partial charge in [-0.2, -0.15) is 0 Å². The Morgan fingerprint density at radius 1 is 1.36 bits per heavy atom. The van der Waals surface area contributed by atoms with E-state index in [0.717, 1.165) is 19.4 Å². The molecule has 1 heterocycles. The summed E-state index contributed by atoms with van der Waals surface area (Å²) in [6.07, 6.45) is 6.09. The first-order chi connectivity index (χ1) is 6.81. The standard InChI is InChI=1S/C11H19NO2/c1-14-9-4-2-3-8(7-9)10-5-6-12-11(10)13/h8-10H,2-7H2,1H3,(H,12,13). The van der Waals surface area contributed by atoms with Gasteiger partial charge in [0.1, 0.15) is 0 Å². The maximum atomic E-state index is 11.5. The third-order valence-electron chi connectivity index (χ3n) is 3.66. The second-order valence-electron chi connectivity index (χ2n) is 4.47. The monoisotopic (exact) mass is 197 g/mol. The molecule has 1 saturated carbocycles. The van der Waals surface area contributed by atoms with Crippen LogP contribution in [0.5, 0.6) is 0 Å². The zero-order valence-electron chi connectivity index (χ0n) is 8.79. The molecule has 1 N–H and O–H groups in total. The quantitative estimate of drug-likeness (QED) is 0.725. The number of amides is 1. The predicted octanol–water partition coefficient (Wildman–Crippen LogP) is 1.33. The summed E-state index contributed by atoms with van der Waals surface area (Å²) in [5.74, 6) is 1.11. The number of hydrogen-bond donors (Lipinski definition) is 1. The maximum Gasteiger partial charge on any atom is 0.223 e. The smallest absolute Gasteiger partial charge is 0.223 e. The van der Waals surface area contributed by atoms with Gasteiger partial charge in [-0.05, 0) is 31.6 Å². The van der Waals surface area contributed by atoms with Crippen LogP contribution >= 0.6 is 0 Å². The molecular weight excluding hydrogens is 178 g/mol. The van der Waals surface area contributed by atoms with Crippen LogP contribution in [0.2, 0.25) is 0 Å². The highest BCUT2D eigenvalue weighted by Gasteiger charge is 2.35. The van der Waals surface area contributed by atoms with Crippen molar-refractivity contribution in [3.05, 3.63) is 0 Å². The van der Waals surface area contributed by atoms with Gasteiger partial charge < -0.3 is 10.1 Å². The molecule has 3 unspecified atom stereocenters. The van der Waals surface area contributed by atoms with Crippen molar-refractivity contribution in [2.45, 2.75) is 38.2 Å². The molecule has 0 aromatic heterocycles. The second kappa shape index (κ2) is 4.30. The van der Waals surface area contributed by atoms with Gasteiger partial charge in [0.15, 0.2) is 0 Å². The highest BCUT2D eigenvalue weighted by Crippen LogP contribution is 2.34. The van der Waals surface area contributed by atoms with Crippen LogP contribution in [0.4, 0.5) is 0 Å². The Morgan fingerprint density at radius 2 is 2.21 bits per heavy atom. The van der Waals surface area contributed by atoms with Crippen molar-refractivity contribution in [2.24, 2.45) is 11.8 Å². The van der Waals surface area contributed by atoms with E-state index in [0.29, 0.717) is 12.0 Å². The lowest BCUT2D eigenvalue weighted by molar-refractivity contribution is -0.124. The fourth-order valence-electron chi connectivity index (χ4n) is 2.82. The molecule has 3 nitrogen and oxygen atoms in total. The van der Waals surface area contributed by atoms with Crippen LogP contribution < -0.4 is 5.32 Å². The van der Waals surface area contributed by atoms with Gasteiger partial charge in [-0.1, -0.05) is 6.42 Å². The van der Waals surface area contributed by atoms with E-state index in [1.54, 1.807) is 7.11 Å². The fraction of sp³-hybridized carbons (Fsp3) is 0.909. The number of carbonyl (C=O) groups is 1. The van der Waals surface area contributed by atoms with E-state index in [1.165, 1.54) is 19.3 Å². The topological polar surface area (TPSA) is 38.3 Å². The molecule has 1 amide bonds. The van der Waals surface area contributed by atoms with Crippen LogP contribution in [0.15, 0.2) is 0 Å². The van der Waals surface area contributed by atoms with Gasteiger partial charge in [0.25, 0.3) is 0 Å². The number of methoxy groups -OCH3 is 1. The average molecular weight is 197 g/mol. The van der Waals surface area contributed by atoms with Gasteiger partial charge in [0.05, 0.1) is 6.10 Å². The number of carbonyl (C=O) groups excluding carboxylic acids is 1. The minimum atomic E-state index is 0.270. The molecule has 3 atom stereocenters. The third-order valence-corrected chi connectivity index (χ3v) is 3.66. The number of hydrogen-bond acceptors (Lipinski definition) is 2. The molecule has 14 heavy (non-hydrogen) atoms. The zero-order valence-corrected chi connectivity index (χ0v) is 8.79. The lowest BCUT2D eigenvalue weighted by atomic mass is 9.78. The molecule has 2 aliphatic rings. The lowest BCUT2D eigenvalue weighted by Gasteiger charge is -2.30. The van der Waals surface area contributed by atoms with Crippen LogP contribution in [0.3, 0.4) is 0 Å². The Labute approximate surface area is 85.2 Å². The summed E-state index contributed by atoms with van der Waals surface area (Å²) >= 11 is 0. The molecule has 2 fully saturated rings. The van der Waals surface area contributed by atoms with Crippen molar-refractivity contribution < 1.29 is 9.53 Å². The Morgan fingerprint density at radius 3 is 2.86 bits per heavy atom. The summed E-state index contributed by atoms with van der Waals surface area (Å²) in [5, 5.41) is 2.92. The van der Waals surface area contributed by atoms with Crippen molar-refractivity contribution in [1.29, 1.82) is 0 Å². The van der Waals surface area contributed by atoms with E-state index in [1.807, 2.05) is 0 Å². The van der Waals surface area contributed by atoms with Crippen molar-refractivity contribution in [3.8, 4) is 0 Å². The van der Waals surface area contributed by atoms with Crippen molar-refractivity contribution >= 4 is 5.91 Å². The van der Waals surface area contributed by atoms with E-state index in [4.69, 9.17) is 4.74 Å². The van der Waals surface area contributed by atoms with Gasteiger partial charge >= 0.3 is 0 Å². The normalized spacial score (nSPS) is 38.4. The lowest BCUT2D eigenvalue weighted by Crippen LogP contribution is -2.31. The van der Waals surface area contributed by atoms with Gasteiger partial charge in [-0.15, -0.1) is 0 Å². The first-order valence-electron chi connectivity index (χ1n) is 5.61. The molecule has 3 heteroatoms. The van der Waals surface area contributed by atoms with Gasteiger partial charge in [-0.25, -0.2) is 0 Å². The SMILES string of the molecule is COC1CCCC(C2CCNC2=O)C1. The average Bonchev–Trinajstić information content (AvgIpc) is 2.65. The number of rotatable bonds is 2. The predicted molar refractivity (Wildman–Crippen MR) is 53.9 cm³/mol. The third kappa shape index (κ3) is 1.92. The van der Waals surface area contributed by atoms with Crippen LogP contribution in [-0.2, 0) is 9.53 Å². The molecule has 0 aromatic rings. The van der Waals surface area contributed by atoms with Crippen molar-refractivity contribution in [2.75, 3.05) is 13.7 Å². The maximum absolute atomic E-state index is 11.5. The summed E-state index contributed by atoms with van der Waals surface area (Å²) in [7, 11) is 1.78. The molecule has 0 aromatic carbocycles. The van der Waals surface area contributed by atoms with Gasteiger partial charge in [0, 0.05) is 19.6 Å². The van der Waals surface area contributed by atoms with E-state index in [-0.39, 0.29) is 11.8 Å². The van der Waals surface area contributed by atoms with E-state index in [2.05, 4.69) is 5.32 Å². The molecule has 2 rings (SSSR count). The molecule has 80 valence electrons. The Bertz CT molecular complexity index is 217. The largest absolute Gasteiger partial charge is 0.381 e. The number of nitrogens with one attached hydrogen (secondary N) is 1. The molecule has 0 spiro atoms. The summed E-state index contributed by atoms with van der Waals surface area (Å²) < 4.78 is 5.38. The number of ether oxygens (including phenoxy) is 1. The Hall–Kier alpha value is -0.570. The molecular formula is C11H19NO2. The van der Waals surface area contributed by atoms with Crippen LogP contribution in [0.1, 0.15) is 32.1 Å². The van der Waals surface area contributed by atoms with E-state index in [9.17, 15) is 4.79 Å². The van der Waals surface area contributed by atoms with Crippen molar-refractivity contribution in [1.82, 2.24) is 5.32 Å². The Kier molecular flexibility index (Phi) is 3.06. The van der Waals surface area contributed by atoms with Crippen molar-refractivity contribution in [3.63, 3.8) is 0 Å². The van der Waals surface area contributed by atoms with Crippen LogP contribution in [-0.4, -0.2) is 25.7 Å². The molecule has 1 saturated heterocycles. The molecule has 0 bridgehead atoms. The van der Waals surface area contributed by atoms with E-state index >= 15 is 0 Å². The van der Waals surface area contributed by atoms with Gasteiger partial charge in [0.2, 0.25) is 5.91 Å². The minimum Gasteiger partial charge on any atom is -0.381 e. The molecule has 1 aliphatic heterocycles. The first kappa shape index (κ1) is 9.97. The fourth-order valence-corrected chi connectivity index (χ4v) is 2.82. The first-order valence-corrected chi connectivity index (χ1v) is 5.61. The summed E-state index contributed by atoms with van der Waals surface area (Å²) in [6, 6.07) is 0. The molecule has 1 aliphatic carbocycles. The summed E-state index contributed by atoms with van der Waals surface area (Å²) in [6.45, 7) is 0.873.